The van der Waals surface area contributed by atoms with Gasteiger partial charge in [0.15, 0.2) is 17.5 Å². The third-order valence-electron chi connectivity index (χ3n) is 5.17. The number of aromatic amines is 1. The summed E-state index contributed by atoms with van der Waals surface area (Å²) in [5.41, 5.74) is 0.900. The Morgan fingerprint density at radius 3 is 2.90 bits per heavy atom. The summed E-state index contributed by atoms with van der Waals surface area (Å²) in [5.74, 6) is 0.0575. The van der Waals surface area contributed by atoms with Crippen molar-refractivity contribution in [2.24, 2.45) is 5.41 Å². The first-order chi connectivity index (χ1) is 14.2. The van der Waals surface area contributed by atoms with E-state index in [1.54, 1.807) is 18.5 Å². The minimum atomic E-state index is -0.533. The van der Waals surface area contributed by atoms with Crippen molar-refractivity contribution >= 4 is 34.4 Å². The molecule has 1 amide bonds. The number of H-pyrrole nitrogens is 1. The highest BCUT2D eigenvalue weighted by Crippen LogP contribution is 2.29. The van der Waals surface area contributed by atoms with Crippen LogP contribution in [0.15, 0.2) is 24.7 Å². The number of hydrogen-bond donors (Lipinski definition) is 2. The van der Waals surface area contributed by atoms with Crippen LogP contribution in [-0.2, 0) is 4.79 Å². The molecule has 30 heavy (non-hydrogen) atoms. The van der Waals surface area contributed by atoms with E-state index in [0.717, 1.165) is 31.0 Å². The standard InChI is InChI=1S/C21H24ClFN6O/c1-21(2,3)20(30)29-6-4-5-13(11-29)27-19-16(23)10-26-18(28-19)15-9-25-17-14(15)7-12(22)8-24-17/h7-10,13H,4-6,11H2,1-3H3,(H,24,25)(H,26,27,28)/t13-/m0/s1. The third-order valence-corrected chi connectivity index (χ3v) is 5.38. The molecule has 0 bridgehead atoms. The largest absolute Gasteiger partial charge is 0.363 e. The normalized spacial score (nSPS) is 17.4. The van der Waals surface area contributed by atoms with Gasteiger partial charge in [-0.1, -0.05) is 32.4 Å². The molecule has 3 aromatic rings. The van der Waals surface area contributed by atoms with Crippen LogP contribution in [0.3, 0.4) is 0 Å². The zero-order valence-corrected chi connectivity index (χ0v) is 17.9. The minimum absolute atomic E-state index is 0.0821. The number of nitrogens with one attached hydrogen (secondary N) is 2. The van der Waals surface area contributed by atoms with E-state index in [-0.39, 0.29) is 17.8 Å². The van der Waals surface area contributed by atoms with Crippen LogP contribution in [-0.4, -0.2) is 49.9 Å². The van der Waals surface area contributed by atoms with Gasteiger partial charge in [0, 0.05) is 47.9 Å². The van der Waals surface area contributed by atoms with Gasteiger partial charge in [-0.3, -0.25) is 4.79 Å². The molecule has 7 nitrogen and oxygen atoms in total. The monoisotopic (exact) mass is 430 g/mol. The van der Waals surface area contributed by atoms with Crippen molar-refractivity contribution in [2.45, 2.75) is 39.7 Å². The van der Waals surface area contributed by atoms with Gasteiger partial charge >= 0.3 is 0 Å². The van der Waals surface area contributed by atoms with Gasteiger partial charge in [-0.2, -0.15) is 0 Å². The summed E-state index contributed by atoms with van der Waals surface area (Å²) in [7, 11) is 0. The number of aromatic nitrogens is 4. The smallest absolute Gasteiger partial charge is 0.228 e. The lowest BCUT2D eigenvalue weighted by molar-refractivity contribution is -0.140. The van der Waals surface area contributed by atoms with Crippen LogP contribution >= 0.6 is 11.6 Å². The van der Waals surface area contributed by atoms with Crippen LogP contribution < -0.4 is 5.32 Å². The fourth-order valence-corrected chi connectivity index (χ4v) is 3.87. The molecular weight excluding hydrogens is 407 g/mol. The first-order valence-corrected chi connectivity index (χ1v) is 10.3. The molecule has 1 atom stereocenters. The number of piperidine rings is 1. The summed E-state index contributed by atoms with van der Waals surface area (Å²) >= 11 is 6.07. The van der Waals surface area contributed by atoms with E-state index < -0.39 is 11.2 Å². The van der Waals surface area contributed by atoms with E-state index in [9.17, 15) is 9.18 Å². The fourth-order valence-electron chi connectivity index (χ4n) is 3.71. The second-order valence-electron chi connectivity index (χ2n) is 8.63. The Morgan fingerprint density at radius 2 is 2.13 bits per heavy atom. The van der Waals surface area contributed by atoms with Crippen molar-refractivity contribution in [3.63, 3.8) is 0 Å². The number of rotatable bonds is 3. The lowest BCUT2D eigenvalue weighted by atomic mass is 9.93. The second-order valence-corrected chi connectivity index (χ2v) is 9.06. The van der Waals surface area contributed by atoms with Gasteiger partial charge in [0.05, 0.1) is 11.2 Å². The molecule has 0 aliphatic carbocycles. The summed E-state index contributed by atoms with van der Waals surface area (Å²) in [6.45, 7) is 6.96. The van der Waals surface area contributed by atoms with Crippen molar-refractivity contribution in [3.05, 3.63) is 35.5 Å². The highest BCUT2D eigenvalue weighted by Gasteiger charge is 2.31. The Kier molecular flexibility index (Phi) is 5.36. The maximum Gasteiger partial charge on any atom is 0.228 e. The SMILES string of the molecule is CC(C)(C)C(=O)N1CCC[C@H](Nc2nc(-c3c[nH]c4ncc(Cl)cc34)ncc2F)C1. The number of hydrogen-bond acceptors (Lipinski definition) is 5. The molecule has 0 radical (unpaired) electrons. The average Bonchev–Trinajstić information content (AvgIpc) is 3.11. The number of pyridine rings is 1. The molecule has 1 fully saturated rings. The molecule has 0 saturated carbocycles. The van der Waals surface area contributed by atoms with Crippen LogP contribution in [0.4, 0.5) is 10.2 Å². The van der Waals surface area contributed by atoms with Gasteiger partial charge in [0.2, 0.25) is 5.91 Å². The fraction of sp³-hybridized carbons (Fsp3) is 0.429. The molecular formula is C21H24ClFN6O. The predicted molar refractivity (Wildman–Crippen MR) is 115 cm³/mol. The van der Waals surface area contributed by atoms with E-state index in [0.29, 0.717) is 28.6 Å². The molecule has 0 unspecified atom stereocenters. The Bertz CT molecular complexity index is 1090. The van der Waals surface area contributed by atoms with Gasteiger partial charge in [0.1, 0.15) is 5.65 Å². The molecule has 4 heterocycles. The Balaban J connectivity index is 1.58. The number of halogens is 2. The Morgan fingerprint density at radius 1 is 1.33 bits per heavy atom. The molecule has 3 aromatic heterocycles. The zero-order valence-electron chi connectivity index (χ0n) is 17.2. The zero-order chi connectivity index (χ0) is 21.5. The van der Waals surface area contributed by atoms with Crippen LogP contribution in [0.5, 0.6) is 0 Å². The van der Waals surface area contributed by atoms with Crippen LogP contribution in [0.1, 0.15) is 33.6 Å². The summed E-state index contributed by atoms with van der Waals surface area (Å²) in [6.07, 6.45) is 6.12. The van der Waals surface area contributed by atoms with Crippen molar-refractivity contribution in [3.8, 4) is 11.4 Å². The van der Waals surface area contributed by atoms with Gasteiger partial charge in [-0.15, -0.1) is 0 Å². The Hall–Kier alpha value is -2.74. The first-order valence-electron chi connectivity index (χ1n) is 9.94. The number of carbonyl (C=O) groups is 1. The van der Waals surface area contributed by atoms with Crippen molar-refractivity contribution in [2.75, 3.05) is 18.4 Å². The molecule has 1 aliphatic heterocycles. The predicted octanol–water partition coefficient (Wildman–Crippen LogP) is 4.26. The number of amides is 1. The Labute approximate surface area is 179 Å². The molecule has 0 aromatic carbocycles. The van der Waals surface area contributed by atoms with Crippen LogP contribution in [0.2, 0.25) is 5.02 Å². The molecule has 1 aliphatic rings. The number of likely N-dealkylation sites (tertiary alicyclic amines) is 1. The first kappa shape index (κ1) is 20.5. The van der Waals surface area contributed by atoms with Crippen molar-refractivity contribution < 1.29 is 9.18 Å². The summed E-state index contributed by atoms with van der Waals surface area (Å²) in [5, 5.41) is 4.43. The maximum absolute atomic E-state index is 14.5. The molecule has 9 heteroatoms. The maximum atomic E-state index is 14.5. The quantitative estimate of drug-likeness (QED) is 0.648. The molecule has 2 N–H and O–H groups in total. The third kappa shape index (κ3) is 4.09. The van der Waals surface area contributed by atoms with Gasteiger partial charge in [-0.05, 0) is 18.9 Å². The van der Waals surface area contributed by atoms with Gasteiger partial charge in [-0.25, -0.2) is 19.3 Å². The average molecular weight is 431 g/mol. The van der Waals surface area contributed by atoms with E-state index in [2.05, 4.69) is 25.3 Å². The summed E-state index contributed by atoms with van der Waals surface area (Å²) < 4.78 is 14.5. The minimum Gasteiger partial charge on any atom is -0.363 e. The van der Waals surface area contributed by atoms with Gasteiger partial charge < -0.3 is 15.2 Å². The lowest BCUT2D eigenvalue weighted by Gasteiger charge is -2.36. The van der Waals surface area contributed by atoms with E-state index in [4.69, 9.17) is 11.6 Å². The van der Waals surface area contributed by atoms with Crippen LogP contribution in [0.25, 0.3) is 22.4 Å². The van der Waals surface area contributed by atoms with Gasteiger partial charge in [0.25, 0.3) is 0 Å². The lowest BCUT2D eigenvalue weighted by Crippen LogP contribution is -2.49. The van der Waals surface area contributed by atoms with Crippen molar-refractivity contribution in [1.82, 2.24) is 24.8 Å². The summed E-state index contributed by atoms with van der Waals surface area (Å²) in [6, 6.07) is 1.69. The molecule has 158 valence electrons. The molecule has 0 spiro atoms. The van der Waals surface area contributed by atoms with Crippen LogP contribution in [0, 0.1) is 11.2 Å². The second kappa shape index (κ2) is 7.83. The highest BCUT2D eigenvalue weighted by molar-refractivity contribution is 6.31. The highest BCUT2D eigenvalue weighted by atomic mass is 35.5. The molecule has 4 rings (SSSR count). The van der Waals surface area contributed by atoms with Crippen molar-refractivity contribution in [1.29, 1.82) is 0 Å². The topological polar surface area (TPSA) is 86.8 Å². The summed E-state index contributed by atoms with van der Waals surface area (Å²) in [4.78, 5) is 30.3. The molecule has 1 saturated heterocycles. The van der Waals surface area contributed by atoms with E-state index in [1.807, 2.05) is 25.7 Å². The number of carbonyl (C=O) groups excluding carboxylic acids is 1. The van der Waals surface area contributed by atoms with E-state index >= 15 is 0 Å². The number of nitrogens with zero attached hydrogens (tertiary/aromatic N) is 4. The number of anilines is 1. The number of fused-ring (bicyclic) bond motifs is 1. The van der Waals surface area contributed by atoms with E-state index in [1.165, 1.54) is 0 Å².